The first-order valence-electron chi connectivity index (χ1n) is 6.66. The Morgan fingerprint density at radius 2 is 1.42 bits per heavy atom. The molecular formula is C14H11F5N2O2S. The number of benzene rings is 1. The normalized spacial score (nSPS) is 26.3. The lowest BCUT2D eigenvalue weighted by Gasteiger charge is -2.40. The van der Waals surface area contributed by atoms with Crippen molar-refractivity contribution in [1.29, 1.82) is 0 Å². The van der Waals surface area contributed by atoms with E-state index >= 15 is 0 Å². The van der Waals surface area contributed by atoms with E-state index in [-0.39, 0.29) is 17.8 Å². The van der Waals surface area contributed by atoms with Crippen LogP contribution in [-0.2, 0) is 9.59 Å². The lowest BCUT2D eigenvalue weighted by atomic mass is 9.91. The maximum Gasteiger partial charge on any atom is 0.310 e. The van der Waals surface area contributed by atoms with Crippen molar-refractivity contribution in [2.45, 2.75) is 4.90 Å². The van der Waals surface area contributed by atoms with Crippen LogP contribution in [-0.4, -0.2) is 11.8 Å². The van der Waals surface area contributed by atoms with E-state index in [1.807, 2.05) is 0 Å². The van der Waals surface area contributed by atoms with Crippen molar-refractivity contribution >= 4 is 33.4 Å². The summed E-state index contributed by atoms with van der Waals surface area (Å²) in [6, 6.07) is 0.787. The van der Waals surface area contributed by atoms with Crippen LogP contribution >= 0.6 is 10.2 Å². The van der Waals surface area contributed by atoms with E-state index in [0.717, 1.165) is 0 Å². The van der Waals surface area contributed by atoms with Gasteiger partial charge in [0, 0.05) is 0 Å². The van der Waals surface area contributed by atoms with E-state index in [1.165, 1.54) is 12.2 Å². The molecule has 1 fully saturated rings. The Kier molecular flexibility index (Phi) is 2.87. The van der Waals surface area contributed by atoms with Crippen molar-refractivity contribution in [2.24, 2.45) is 11.8 Å². The van der Waals surface area contributed by atoms with Crippen LogP contribution in [0.4, 0.5) is 30.8 Å². The number of rotatable bonds is 2. The molecule has 0 bridgehead atoms. The molecule has 2 aliphatic rings. The van der Waals surface area contributed by atoms with E-state index in [0.29, 0.717) is 11.0 Å². The van der Waals surface area contributed by atoms with Crippen LogP contribution in [0.15, 0.2) is 47.4 Å². The molecule has 0 saturated carbocycles. The maximum absolute atomic E-state index is 12.8. The minimum atomic E-state index is -9.89. The number of imide groups is 1. The van der Waals surface area contributed by atoms with E-state index in [4.69, 9.17) is 5.73 Å². The van der Waals surface area contributed by atoms with Crippen LogP contribution in [0.25, 0.3) is 0 Å². The molecule has 1 heterocycles. The predicted octanol–water partition coefficient (Wildman–Crippen LogP) is 4.16. The summed E-state index contributed by atoms with van der Waals surface area (Å²) in [5, 5.41) is 0. The fourth-order valence-corrected chi connectivity index (χ4v) is 3.37. The molecule has 2 amide bonds. The van der Waals surface area contributed by atoms with Crippen molar-refractivity contribution in [1.82, 2.24) is 0 Å². The number of amides is 2. The van der Waals surface area contributed by atoms with Gasteiger partial charge in [0.05, 0.1) is 23.2 Å². The molecule has 0 radical (unpaired) electrons. The molecule has 1 saturated heterocycles. The minimum absolute atomic E-state index is 0.0467. The number of hydrogen-bond donors (Lipinski definition) is 1. The summed E-state index contributed by atoms with van der Waals surface area (Å²) in [7, 11) is -9.89. The molecule has 1 aromatic rings. The summed E-state index contributed by atoms with van der Waals surface area (Å²) in [6.45, 7) is 0. The SMILES string of the molecule is Nc1cc(S(F)(F)(F)(F)F)ccc1N1C(=O)C2C=CC=CC2C1=O. The summed E-state index contributed by atoms with van der Waals surface area (Å²) in [5.41, 5.74) is 4.36. The average molecular weight is 366 g/mol. The van der Waals surface area contributed by atoms with Gasteiger partial charge in [-0.1, -0.05) is 43.7 Å². The number of allylic oxidation sites excluding steroid dienone is 2. The summed E-state index contributed by atoms with van der Waals surface area (Å²) in [5.74, 6) is -2.90. The number of nitrogens with zero attached hydrogens (tertiary/aromatic N) is 1. The second-order valence-corrected chi connectivity index (χ2v) is 7.93. The number of carbonyl (C=O) groups excluding carboxylic acids is 2. The van der Waals surface area contributed by atoms with Gasteiger partial charge in [0.1, 0.15) is 4.90 Å². The van der Waals surface area contributed by atoms with Gasteiger partial charge < -0.3 is 5.73 Å². The molecule has 0 spiro atoms. The highest BCUT2D eigenvalue weighted by Gasteiger charge is 2.65. The highest BCUT2D eigenvalue weighted by atomic mass is 32.5. The van der Waals surface area contributed by atoms with Crippen LogP contribution in [0.3, 0.4) is 0 Å². The van der Waals surface area contributed by atoms with Gasteiger partial charge in [0.25, 0.3) is 0 Å². The molecule has 10 heteroatoms. The Morgan fingerprint density at radius 1 is 0.917 bits per heavy atom. The van der Waals surface area contributed by atoms with Gasteiger partial charge in [-0.15, -0.1) is 0 Å². The first kappa shape index (κ1) is 16.5. The number of nitrogen functional groups attached to an aromatic ring is 1. The molecule has 130 valence electrons. The van der Waals surface area contributed by atoms with Crippen molar-refractivity contribution in [2.75, 3.05) is 10.6 Å². The highest BCUT2D eigenvalue weighted by Crippen LogP contribution is 3.02. The zero-order valence-electron chi connectivity index (χ0n) is 11.8. The van der Waals surface area contributed by atoms with Crippen LogP contribution in [0.2, 0.25) is 0 Å². The van der Waals surface area contributed by atoms with Crippen molar-refractivity contribution in [3.63, 3.8) is 0 Å². The maximum atomic E-state index is 12.8. The largest absolute Gasteiger partial charge is 0.397 e. The number of fused-ring (bicyclic) bond motifs is 1. The van der Waals surface area contributed by atoms with Crippen molar-refractivity contribution in [3.8, 4) is 0 Å². The molecule has 4 nitrogen and oxygen atoms in total. The molecule has 1 aliphatic heterocycles. The van der Waals surface area contributed by atoms with E-state index in [2.05, 4.69) is 0 Å². The Morgan fingerprint density at radius 3 is 1.83 bits per heavy atom. The van der Waals surface area contributed by atoms with Gasteiger partial charge >= 0.3 is 10.2 Å². The van der Waals surface area contributed by atoms with Crippen LogP contribution in [0, 0.1) is 11.8 Å². The van der Waals surface area contributed by atoms with E-state index < -0.39 is 44.5 Å². The molecule has 3 rings (SSSR count). The first-order valence-corrected chi connectivity index (χ1v) is 8.61. The van der Waals surface area contributed by atoms with Crippen LogP contribution < -0.4 is 10.6 Å². The topological polar surface area (TPSA) is 63.4 Å². The van der Waals surface area contributed by atoms with Gasteiger partial charge in [-0.05, 0) is 18.2 Å². The standard InChI is InChI=1S/C14H11F5N2O2S/c15-24(16,17,18,19)8-5-6-12(11(20)7-8)21-13(22)9-3-1-2-4-10(9)14(21)23/h1-7,9-10H,20H2. The van der Waals surface area contributed by atoms with Crippen molar-refractivity contribution < 1.29 is 29.0 Å². The number of nitrogens with two attached hydrogens (primary N) is 1. The molecular weight excluding hydrogens is 355 g/mol. The molecule has 1 aromatic carbocycles. The van der Waals surface area contributed by atoms with Gasteiger partial charge in [0.15, 0.2) is 0 Å². The third-order valence-corrected chi connectivity index (χ3v) is 4.98. The second kappa shape index (κ2) is 4.18. The lowest BCUT2D eigenvalue weighted by Crippen LogP contribution is -2.31. The lowest BCUT2D eigenvalue weighted by molar-refractivity contribution is -0.122. The summed E-state index contributed by atoms with van der Waals surface area (Å²) >= 11 is 0. The monoisotopic (exact) mass is 366 g/mol. The van der Waals surface area contributed by atoms with Gasteiger partial charge in [-0.3, -0.25) is 9.59 Å². The van der Waals surface area contributed by atoms with Gasteiger partial charge in [-0.2, -0.15) is 0 Å². The third kappa shape index (κ3) is 2.56. The number of halogens is 5. The average Bonchev–Trinajstić information content (AvgIpc) is 2.70. The third-order valence-electron chi connectivity index (χ3n) is 3.83. The summed E-state index contributed by atoms with van der Waals surface area (Å²) in [4.78, 5) is 23.1. The Hall–Kier alpha value is -2.36. The quantitative estimate of drug-likeness (QED) is 0.486. The first-order chi connectivity index (χ1) is 10.8. The zero-order valence-corrected chi connectivity index (χ0v) is 12.7. The summed E-state index contributed by atoms with van der Waals surface area (Å²) in [6.07, 6.45) is 6.11. The number of hydrogen-bond acceptors (Lipinski definition) is 3. The molecule has 2 atom stereocenters. The zero-order chi connectivity index (χ0) is 18.0. The Labute approximate surface area is 133 Å². The fourth-order valence-electron chi connectivity index (χ4n) is 2.70. The number of carbonyl (C=O) groups is 2. The van der Waals surface area contributed by atoms with Crippen LogP contribution in [0.5, 0.6) is 0 Å². The minimum Gasteiger partial charge on any atom is -0.397 e. The van der Waals surface area contributed by atoms with E-state index in [9.17, 15) is 29.0 Å². The molecule has 2 unspecified atom stereocenters. The van der Waals surface area contributed by atoms with Crippen LogP contribution in [0.1, 0.15) is 0 Å². The fraction of sp³-hybridized carbons (Fsp3) is 0.143. The van der Waals surface area contributed by atoms with E-state index in [1.54, 1.807) is 12.2 Å². The second-order valence-electron chi connectivity index (χ2n) is 5.52. The molecule has 2 N–H and O–H groups in total. The van der Waals surface area contributed by atoms with Crippen molar-refractivity contribution in [3.05, 3.63) is 42.5 Å². The molecule has 1 aliphatic carbocycles. The van der Waals surface area contributed by atoms with Gasteiger partial charge in [-0.25, -0.2) is 4.90 Å². The Balaban J connectivity index is 2.06. The molecule has 0 aromatic heterocycles. The van der Waals surface area contributed by atoms with Gasteiger partial charge in [0.2, 0.25) is 11.8 Å². The number of anilines is 2. The molecule has 24 heavy (non-hydrogen) atoms. The predicted molar refractivity (Wildman–Crippen MR) is 80.0 cm³/mol. The highest BCUT2D eigenvalue weighted by molar-refractivity contribution is 8.45. The Bertz CT molecular complexity index is 802. The smallest absolute Gasteiger partial charge is 0.310 e. The summed E-state index contributed by atoms with van der Waals surface area (Å²) < 4.78 is 64.1.